The van der Waals surface area contributed by atoms with Crippen molar-refractivity contribution >= 4 is 28.7 Å². The molecule has 0 bridgehead atoms. The van der Waals surface area contributed by atoms with E-state index in [0.717, 1.165) is 6.07 Å². The van der Waals surface area contributed by atoms with E-state index in [2.05, 4.69) is 10.3 Å². The molecule has 2 heterocycles. The van der Waals surface area contributed by atoms with Crippen molar-refractivity contribution in [2.45, 2.75) is 33.1 Å². The third kappa shape index (κ3) is 4.05. The zero-order valence-electron chi connectivity index (χ0n) is 18.0. The molecule has 0 unspecified atom stereocenters. The van der Waals surface area contributed by atoms with E-state index in [-0.39, 0.29) is 28.3 Å². The van der Waals surface area contributed by atoms with Crippen LogP contribution in [0, 0.1) is 11.6 Å². The standard InChI is InChI=1S/C23H24F2N4O2/c1-12(30)15-9-13(11-29-20(23(2,3)4)21(26)28-22(15)29)16(10-18(31)27-5)14-7-6-8-17(24)19(14)25/h6-11H,26H2,1-5H3,(H,27,31)/b16-10+. The van der Waals surface area contributed by atoms with Gasteiger partial charge in [-0.05, 0) is 24.6 Å². The van der Waals surface area contributed by atoms with E-state index < -0.39 is 23.0 Å². The summed E-state index contributed by atoms with van der Waals surface area (Å²) in [6, 6.07) is 5.23. The number of nitrogens with one attached hydrogen (secondary N) is 1. The van der Waals surface area contributed by atoms with Crippen LogP contribution in [0.2, 0.25) is 0 Å². The normalized spacial score (nSPS) is 12.3. The third-order valence-corrected chi connectivity index (χ3v) is 4.91. The fraction of sp³-hybridized carbons (Fsp3) is 0.261. The lowest BCUT2D eigenvalue weighted by molar-refractivity contribution is -0.116. The summed E-state index contributed by atoms with van der Waals surface area (Å²) >= 11 is 0. The molecule has 0 fully saturated rings. The van der Waals surface area contributed by atoms with E-state index >= 15 is 0 Å². The fourth-order valence-corrected chi connectivity index (χ4v) is 3.55. The maximum Gasteiger partial charge on any atom is 0.244 e. The molecule has 1 amide bonds. The van der Waals surface area contributed by atoms with Crippen molar-refractivity contribution in [1.29, 1.82) is 0 Å². The smallest absolute Gasteiger partial charge is 0.244 e. The van der Waals surface area contributed by atoms with Crippen LogP contribution < -0.4 is 11.1 Å². The molecule has 162 valence electrons. The van der Waals surface area contributed by atoms with Gasteiger partial charge in [0.05, 0.1) is 11.3 Å². The van der Waals surface area contributed by atoms with Crippen LogP contribution >= 0.6 is 0 Å². The lowest BCUT2D eigenvalue weighted by Gasteiger charge is -2.20. The van der Waals surface area contributed by atoms with Crippen molar-refractivity contribution in [3.8, 4) is 0 Å². The molecule has 0 aliphatic heterocycles. The summed E-state index contributed by atoms with van der Waals surface area (Å²) in [5.74, 6) is -2.67. The second kappa shape index (κ2) is 7.94. The molecule has 0 saturated carbocycles. The molecule has 3 N–H and O–H groups in total. The first-order valence-corrected chi connectivity index (χ1v) is 9.66. The second-order valence-electron chi connectivity index (χ2n) is 8.26. The quantitative estimate of drug-likeness (QED) is 0.490. The molecule has 0 radical (unpaired) electrons. The van der Waals surface area contributed by atoms with E-state index in [9.17, 15) is 18.4 Å². The first-order chi connectivity index (χ1) is 14.5. The minimum absolute atomic E-state index is 0.108. The van der Waals surface area contributed by atoms with Gasteiger partial charge in [-0.15, -0.1) is 0 Å². The van der Waals surface area contributed by atoms with Gasteiger partial charge in [0.1, 0.15) is 11.5 Å². The highest BCUT2D eigenvalue weighted by Gasteiger charge is 2.26. The van der Waals surface area contributed by atoms with Gasteiger partial charge < -0.3 is 15.5 Å². The van der Waals surface area contributed by atoms with Crippen molar-refractivity contribution in [3.63, 3.8) is 0 Å². The summed E-state index contributed by atoms with van der Waals surface area (Å²) in [6.07, 6.45) is 2.80. The molecule has 2 aromatic heterocycles. The highest BCUT2D eigenvalue weighted by Crippen LogP contribution is 2.33. The predicted octanol–water partition coefficient (Wildman–Crippen LogP) is 3.87. The number of carbonyl (C=O) groups is 2. The number of pyridine rings is 1. The number of anilines is 1. The van der Waals surface area contributed by atoms with Crippen molar-refractivity contribution < 1.29 is 18.4 Å². The Bertz CT molecular complexity index is 1240. The molecule has 0 saturated heterocycles. The van der Waals surface area contributed by atoms with Crippen LogP contribution in [-0.4, -0.2) is 28.1 Å². The Kier molecular flexibility index (Phi) is 5.67. The van der Waals surface area contributed by atoms with E-state index in [1.807, 2.05) is 20.8 Å². The Hall–Kier alpha value is -3.55. The van der Waals surface area contributed by atoms with Gasteiger partial charge in [0, 0.05) is 35.9 Å². The SMILES string of the molecule is CNC(=O)/C=C(\c1cc(C(C)=O)c2nc(N)c(C(C)(C)C)n2c1)c1cccc(F)c1F. The van der Waals surface area contributed by atoms with Crippen LogP contribution in [0.3, 0.4) is 0 Å². The number of nitrogen functional groups attached to an aromatic ring is 1. The molecule has 0 aliphatic rings. The van der Waals surface area contributed by atoms with Crippen molar-refractivity contribution in [2.24, 2.45) is 0 Å². The summed E-state index contributed by atoms with van der Waals surface area (Å²) < 4.78 is 30.3. The summed E-state index contributed by atoms with van der Waals surface area (Å²) in [7, 11) is 1.43. The number of hydrogen-bond acceptors (Lipinski definition) is 4. The van der Waals surface area contributed by atoms with Gasteiger partial charge in [0.25, 0.3) is 0 Å². The molecular weight excluding hydrogens is 402 g/mol. The van der Waals surface area contributed by atoms with Crippen molar-refractivity contribution in [2.75, 3.05) is 12.8 Å². The predicted molar refractivity (Wildman–Crippen MR) is 116 cm³/mol. The van der Waals surface area contributed by atoms with Gasteiger partial charge in [0.15, 0.2) is 17.4 Å². The van der Waals surface area contributed by atoms with Crippen LogP contribution in [0.4, 0.5) is 14.6 Å². The van der Waals surface area contributed by atoms with Crippen LogP contribution in [0.5, 0.6) is 0 Å². The minimum Gasteiger partial charge on any atom is -0.382 e. The summed E-state index contributed by atoms with van der Waals surface area (Å²) in [5.41, 5.74) is 7.35. The maximum absolute atomic E-state index is 14.7. The van der Waals surface area contributed by atoms with Gasteiger partial charge in [-0.2, -0.15) is 0 Å². The number of amides is 1. The number of Topliss-reactive ketones (excluding diaryl/α,β-unsaturated/α-hetero) is 1. The van der Waals surface area contributed by atoms with E-state index in [1.54, 1.807) is 10.6 Å². The number of fused-ring (bicyclic) bond motifs is 1. The lowest BCUT2D eigenvalue weighted by atomic mass is 9.91. The topological polar surface area (TPSA) is 89.5 Å². The third-order valence-electron chi connectivity index (χ3n) is 4.91. The Morgan fingerprint density at radius 1 is 1.19 bits per heavy atom. The van der Waals surface area contributed by atoms with Crippen molar-refractivity contribution in [1.82, 2.24) is 14.7 Å². The molecule has 0 atom stereocenters. The Morgan fingerprint density at radius 2 is 1.87 bits per heavy atom. The lowest BCUT2D eigenvalue weighted by Crippen LogP contribution is -2.17. The Balaban J connectivity index is 2.44. The van der Waals surface area contributed by atoms with Crippen LogP contribution in [0.25, 0.3) is 11.2 Å². The number of hydrogen-bond donors (Lipinski definition) is 2. The molecule has 3 rings (SSSR count). The van der Waals surface area contributed by atoms with Crippen LogP contribution in [0.15, 0.2) is 36.5 Å². The number of ketones is 1. The summed E-state index contributed by atoms with van der Waals surface area (Å²) in [5, 5.41) is 2.45. The zero-order valence-corrected chi connectivity index (χ0v) is 18.0. The van der Waals surface area contributed by atoms with E-state index in [1.165, 1.54) is 38.2 Å². The van der Waals surface area contributed by atoms with E-state index in [4.69, 9.17) is 5.73 Å². The number of carbonyl (C=O) groups excluding carboxylic acids is 2. The number of halogens is 2. The second-order valence-corrected chi connectivity index (χ2v) is 8.26. The van der Waals surface area contributed by atoms with Gasteiger partial charge in [0.2, 0.25) is 5.91 Å². The van der Waals surface area contributed by atoms with Gasteiger partial charge in [-0.3, -0.25) is 9.59 Å². The average Bonchev–Trinajstić information content (AvgIpc) is 3.03. The van der Waals surface area contributed by atoms with Crippen LogP contribution in [0.1, 0.15) is 54.9 Å². The molecular formula is C23H24F2N4O2. The minimum atomic E-state index is -1.09. The number of aromatic nitrogens is 2. The monoisotopic (exact) mass is 426 g/mol. The summed E-state index contributed by atoms with van der Waals surface area (Å²) in [6.45, 7) is 7.22. The average molecular weight is 426 g/mol. The largest absolute Gasteiger partial charge is 0.382 e. The Labute approximate surface area is 178 Å². The first kappa shape index (κ1) is 22.1. The zero-order chi connectivity index (χ0) is 23.1. The Morgan fingerprint density at radius 3 is 2.45 bits per heavy atom. The molecule has 0 spiro atoms. The van der Waals surface area contributed by atoms with Gasteiger partial charge in [-0.25, -0.2) is 13.8 Å². The van der Waals surface area contributed by atoms with Crippen molar-refractivity contribution in [3.05, 3.63) is 70.6 Å². The molecule has 3 aromatic rings. The molecule has 0 aliphatic carbocycles. The number of benzene rings is 1. The summed E-state index contributed by atoms with van der Waals surface area (Å²) in [4.78, 5) is 29.0. The number of nitrogens with zero attached hydrogens (tertiary/aromatic N) is 2. The van der Waals surface area contributed by atoms with Gasteiger partial charge >= 0.3 is 0 Å². The van der Waals surface area contributed by atoms with E-state index in [0.29, 0.717) is 16.9 Å². The molecule has 31 heavy (non-hydrogen) atoms. The molecule has 8 heteroatoms. The fourth-order valence-electron chi connectivity index (χ4n) is 3.55. The van der Waals surface area contributed by atoms with Gasteiger partial charge in [-0.1, -0.05) is 32.9 Å². The highest BCUT2D eigenvalue weighted by atomic mass is 19.2. The number of likely N-dealkylation sites (N-methyl/N-ethyl adjacent to an activating group) is 1. The number of imidazole rings is 1. The first-order valence-electron chi connectivity index (χ1n) is 9.66. The highest BCUT2D eigenvalue weighted by molar-refractivity contribution is 6.03. The van der Waals surface area contributed by atoms with Crippen LogP contribution in [-0.2, 0) is 10.2 Å². The number of rotatable bonds is 4. The molecule has 6 nitrogen and oxygen atoms in total. The maximum atomic E-state index is 14.7. The number of nitrogens with two attached hydrogens (primary N) is 1. The molecule has 1 aromatic carbocycles.